The van der Waals surface area contributed by atoms with E-state index in [9.17, 15) is 4.46 Å². The zero-order chi connectivity index (χ0) is 6.69. The van der Waals surface area contributed by atoms with Crippen molar-refractivity contribution in [3.8, 4) is 0 Å². The number of rotatable bonds is 1. The van der Waals surface area contributed by atoms with E-state index >= 15 is 0 Å². The fraction of sp³-hybridized carbons (Fsp3) is 1.00. The fourth-order valence-corrected chi connectivity index (χ4v) is 1.78. The maximum Gasteiger partial charge on any atom is 0.635 e. The Morgan fingerprint density at radius 3 is 2.11 bits per heavy atom. The van der Waals surface area contributed by atoms with E-state index in [0.717, 1.165) is 25.9 Å². The van der Waals surface area contributed by atoms with Crippen molar-refractivity contribution >= 4 is 9.09 Å². The summed E-state index contributed by atoms with van der Waals surface area (Å²) in [6.45, 7) is 1.63. The van der Waals surface area contributed by atoms with Crippen molar-refractivity contribution in [3.05, 3.63) is 0 Å². The van der Waals surface area contributed by atoms with Gasteiger partial charge >= 0.3 is 9.09 Å². The molecule has 0 saturated carbocycles. The molecule has 1 N–H and O–H groups in total. The minimum Gasteiger partial charge on any atom is -0.525 e. The maximum absolute atomic E-state index is 10.5. The highest BCUT2D eigenvalue weighted by molar-refractivity contribution is 6.29. The van der Waals surface area contributed by atoms with Gasteiger partial charge in [0.2, 0.25) is 0 Å². The standard InChI is InChI=1S/C5H11NO2Si/c7-9(8)6-4-2-1-3-5-6/h7H,1-5H2. The van der Waals surface area contributed by atoms with Crippen LogP contribution in [0.2, 0.25) is 0 Å². The normalized spacial score (nSPS) is 19.8. The molecule has 0 bridgehead atoms. The Kier molecular flexibility index (Phi) is 2.21. The van der Waals surface area contributed by atoms with Crippen molar-refractivity contribution in [1.82, 2.24) is 4.57 Å². The van der Waals surface area contributed by atoms with Gasteiger partial charge in [-0.3, -0.25) is 0 Å². The van der Waals surface area contributed by atoms with Gasteiger partial charge in [0, 0.05) is 13.1 Å². The highest BCUT2D eigenvalue weighted by Gasteiger charge is 2.17. The molecular weight excluding hydrogens is 134 g/mol. The Morgan fingerprint density at radius 1 is 1.22 bits per heavy atom. The van der Waals surface area contributed by atoms with E-state index in [-0.39, 0.29) is 0 Å². The van der Waals surface area contributed by atoms with Gasteiger partial charge < -0.3 is 13.8 Å². The lowest BCUT2D eigenvalue weighted by molar-refractivity contribution is 0.275. The molecular formula is C5H11NO2Si. The quantitative estimate of drug-likeness (QED) is 0.523. The van der Waals surface area contributed by atoms with Crippen LogP contribution in [0.25, 0.3) is 0 Å². The molecule has 1 heterocycles. The van der Waals surface area contributed by atoms with Crippen molar-refractivity contribution in [2.75, 3.05) is 13.1 Å². The van der Waals surface area contributed by atoms with E-state index < -0.39 is 9.09 Å². The largest absolute Gasteiger partial charge is 0.635 e. The Morgan fingerprint density at radius 2 is 1.78 bits per heavy atom. The van der Waals surface area contributed by atoms with Crippen LogP contribution in [0.5, 0.6) is 0 Å². The summed E-state index contributed by atoms with van der Waals surface area (Å²) < 4.78 is 12.1. The second-order valence-electron chi connectivity index (χ2n) is 2.33. The Balaban J connectivity index is 2.31. The first-order valence-corrected chi connectivity index (χ1v) is 4.59. The van der Waals surface area contributed by atoms with Gasteiger partial charge in [-0.15, -0.1) is 0 Å². The second-order valence-corrected chi connectivity index (χ2v) is 3.53. The summed E-state index contributed by atoms with van der Waals surface area (Å²) in [5.41, 5.74) is 0. The van der Waals surface area contributed by atoms with Crippen LogP contribution in [0.1, 0.15) is 19.3 Å². The molecule has 1 fully saturated rings. The number of hydrogen-bond donors (Lipinski definition) is 1. The molecule has 0 aromatic rings. The molecule has 0 aromatic heterocycles. The molecule has 0 unspecified atom stereocenters. The van der Waals surface area contributed by atoms with E-state index in [4.69, 9.17) is 4.80 Å². The van der Waals surface area contributed by atoms with Gasteiger partial charge in [-0.05, 0) is 19.3 Å². The SMILES string of the molecule is O=[Si](O)N1CCCCC1. The molecule has 1 saturated heterocycles. The number of piperidine rings is 1. The topological polar surface area (TPSA) is 40.5 Å². The Labute approximate surface area is 56.2 Å². The van der Waals surface area contributed by atoms with Crippen LogP contribution in [0.3, 0.4) is 0 Å². The molecule has 1 rings (SSSR count). The zero-order valence-corrected chi connectivity index (χ0v) is 6.34. The van der Waals surface area contributed by atoms with E-state index in [1.807, 2.05) is 0 Å². The molecule has 0 atom stereocenters. The van der Waals surface area contributed by atoms with Gasteiger partial charge in [0.05, 0.1) is 0 Å². The van der Waals surface area contributed by atoms with Crippen LogP contribution in [0.15, 0.2) is 0 Å². The van der Waals surface area contributed by atoms with Crippen molar-refractivity contribution < 1.29 is 9.26 Å². The molecule has 4 heteroatoms. The van der Waals surface area contributed by atoms with Gasteiger partial charge in [-0.1, -0.05) is 0 Å². The van der Waals surface area contributed by atoms with Crippen molar-refractivity contribution in [2.45, 2.75) is 19.3 Å². The predicted octanol–water partition coefficient (Wildman–Crippen LogP) is -0.120. The van der Waals surface area contributed by atoms with E-state index in [2.05, 4.69) is 0 Å². The smallest absolute Gasteiger partial charge is 0.525 e. The minimum atomic E-state index is -2.35. The van der Waals surface area contributed by atoms with Gasteiger partial charge in [-0.25, -0.2) is 0 Å². The third-order valence-corrected chi connectivity index (χ3v) is 2.61. The molecule has 0 amide bonds. The second kappa shape index (κ2) is 2.96. The first-order valence-electron chi connectivity index (χ1n) is 3.28. The average Bonchev–Trinajstić information content (AvgIpc) is 1.90. The summed E-state index contributed by atoms with van der Waals surface area (Å²) in [6, 6.07) is 0. The number of nitrogens with zero attached hydrogens (tertiary/aromatic N) is 1. The summed E-state index contributed by atoms with van der Waals surface area (Å²) in [7, 11) is -2.35. The van der Waals surface area contributed by atoms with Crippen LogP contribution in [-0.2, 0) is 4.46 Å². The zero-order valence-electron chi connectivity index (χ0n) is 5.34. The van der Waals surface area contributed by atoms with Crippen molar-refractivity contribution in [1.29, 1.82) is 0 Å². The van der Waals surface area contributed by atoms with Crippen molar-refractivity contribution in [2.24, 2.45) is 0 Å². The summed E-state index contributed by atoms with van der Waals surface area (Å²) in [4.78, 5) is 8.65. The van der Waals surface area contributed by atoms with E-state index in [1.165, 1.54) is 6.42 Å². The summed E-state index contributed by atoms with van der Waals surface area (Å²) >= 11 is 0. The van der Waals surface area contributed by atoms with Crippen LogP contribution < -0.4 is 0 Å². The average molecular weight is 145 g/mol. The monoisotopic (exact) mass is 145 g/mol. The van der Waals surface area contributed by atoms with E-state index in [0.29, 0.717) is 0 Å². The molecule has 0 radical (unpaired) electrons. The molecule has 3 nitrogen and oxygen atoms in total. The molecule has 0 aromatic carbocycles. The maximum atomic E-state index is 10.5. The first kappa shape index (κ1) is 6.73. The van der Waals surface area contributed by atoms with Gasteiger partial charge in [-0.2, -0.15) is 0 Å². The molecule has 52 valence electrons. The Hall–Kier alpha value is -0.383. The third kappa shape index (κ3) is 1.78. The lowest BCUT2D eigenvalue weighted by atomic mass is 10.2. The third-order valence-electron chi connectivity index (χ3n) is 1.63. The van der Waals surface area contributed by atoms with Crippen LogP contribution in [0.4, 0.5) is 0 Å². The number of hydrogen-bond acceptors (Lipinski definition) is 1. The minimum absolute atomic E-state index is 0.814. The molecule has 1 aliphatic heterocycles. The van der Waals surface area contributed by atoms with Gasteiger partial charge in [0.1, 0.15) is 0 Å². The fourth-order valence-electron chi connectivity index (χ4n) is 1.09. The van der Waals surface area contributed by atoms with Gasteiger partial charge in [0.15, 0.2) is 0 Å². The van der Waals surface area contributed by atoms with E-state index in [1.54, 1.807) is 4.57 Å². The van der Waals surface area contributed by atoms with Crippen LogP contribution in [0, 0.1) is 0 Å². The van der Waals surface area contributed by atoms with Crippen molar-refractivity contribution in [3.63, 3.8) is 0 Å². The predicted molar refractivity (Wildman–Crippen MR) is 34.1 cm³/mol. The lowest BCUT2D eigenvalue weighted by Crippen LogP contribution is -2.36. The molecule has 9 heavy (non-hydrogen) atoms. The summed E-state index contributed by atoms with van der Waals surface area (Å²) in [5.74, 6) is 0. The van der Waals surface area contributed by atoms with Crippen LogP contribution in [-0.4, -0.2) is 31.5 Å². The highest BCUT2D eigenvalue weighted by Crippen LogP contribution is 2.06. The van der Waals surface area contributed by atoms with Gasteiger partial charge in [0.25, 0.3) is 0 Å². The highest BCUT2D eigenvalue weighted by atomic mass is 28.3. The lowest BCUT2D eigenvalue weighted by Gasteiger charge is -2.22. The van der Waals surface area contributed by atoms with Crippen LogP contribution >= 0.6 is 0 Å². The summed E-state index contributed by atoms with van der Waals surface area (Å²) in [6.07, 6.45) is 3.37. The molecule has 0 spiro atoms. The molecule has 1 aliphatic rings. The Bertz CT molecular complexity index is 112. The molecule has 0 aliphatic carbocycles. The summed E-state index contributed by atoms with van der Waals surface area (Å²) in [5, 5.41) is 0. The first-order chi connectivity index (χ1) is 4.30.